The second-order valence-electron chi connectivity index (χ2n) is 5.18. The zero-order chi connectivity index (χ0) is 10.3. The van der Waals surface area contributed by atoms with Crippen molar-refractivity contribution in [2.24, 2.45) is 17.3 Å². The molecule has 2 aliphatic rings. The lowest BCUT2D eigenvalue weighted by atomic mass is 9.69. The maximum Gasteiger partial charge on any atom is 0.133 e. The lowest BCUT2D eigenvalue weighted by molar-refractivity contribution is -0.133. The van der Waals surface area contributed by atoms with Crippen LogP contribution in [0.15, 0.2) is 0 Å². The van der Waals surface area contributed by atoms with E-state index < -0.39 is 0 Å². The number of carbonyl (C=O) groups excluding carboxylic acids is 2. The van der Waals surface area contributed by atoms with Crippen molar-refractivity contribution in [2.75, 3.05) is 0 Å². The van der Waals surface area contributed by atoms with Gasteiger partial charge in [-0.3, -0.25) is 9.59 Å². The molecule has 2 rings (SSSR count). The Bertz CT molecular complexity index is 276. The zero-order valence-corrected chi connectivity index (χ0v) is 9.01. The van der Waals surface area contributed by atoms with Gasteiger partial charge in [0.1, 0.15) is 11.6 Å². The van der Waals surface area contributed by atoms with Crippen molar-refractivity contribution in [1.82, 2.24) is 0 Å². The summed E-state index contributed by atoms with van der Waals surface area (Å²) in [6.45, 7) is 3.27. The fraction of sp³-hybridized carbons (Fsp3) is 0.833. The van der Waals surface area contributed by atoms with Crippen molar-refractivity contribution < 1.29 is 9.59 Å². The monoisotopic (exact) mass is 194 g/mol. The fourth-order valence-corrected chi connectivity index (χ4v) is 2.92. The van der Waals surface area contributed by atoms with E-state index >= 15 is 0 Å². The zero-order valence-electron chi connectivity index (χ0n) is 9.01. The van der Waals surface area contributed by atoms with Gasteiger partial charge in [-0.25, -0.2) is 0 Å². The molecule has 0 radical (unpaired) electrons. The third kappa shape index (κ3) is 1.62. The van der Waals surface area contributed by atoms with Crippen LogP contribution >= 0.6 is 0 Å². The van der Waals surface area contributed by atoms with Gasteiger partial charge in [0.25, 0.3) is 0 Å². The molecule has 2 heteroatoms. The van der Waals surface area contributed by atoms with E-state index in [1.165, 1.54) is 19.3 Å². The number of carbonyl (C=O) groups is 2. The number of ketones is 2. The Morgan fingerprint density at radius 2 is 1.57 bits per heavy atom. The standard InChI is InChI=1S/C12H18O2/c1-8(13)10-3-4-12(5-6-12)7-11(10)9(2)14/h10-11H,3-7H2,1-2H3/t10-,11-/m1/s1. The number of hydrogen-bond donors (Lipinski definition) is 0. The molecular weight excluding hydrogens is 176 g/mol. The van der Waals surface area contributed by atoms with E-state index in [-0.39, 0.29) is 23.4 Å². The van der Waals surface area contributed by atoms with E-state index in [0.717, 1.165) is 12.8 Å². The van der Waals surface area contributed by atoms with Gasteiger partial charge in [0.15, 0.2) is 0 Å². The molecule has 0 N–H and O–H groups in total. The van der Waals surface area contributed by atoms with Crippen LogP contribution in [-0.4, -0.2) is 11.6 Å². The second-order valence-corrected chi connectivity index (χ2v) is 5.18. The van der Waals surface area contributed by atoms with Crippen molar-refractivity contribution in [2.45, 2.75) is 46.0 Å². The van der Waals surface area contributed by atoms with Crippen molar-refractivity contribution in [3.8, 4) is 0 Å². The maximum absolute atomic E-state index is 11.5. The van der Waals surface area contributed by atoms with Gasteiger partial charge in [0, 0.05) is 11.8 Å². The van der Waals surface area contributed by atoms with E-state index in [0.29, 0.717) is 5.41 Å². The van der Waals surface area contributed by atoms with Crippen LogP contribution in [0.2, 0.25) is 0 Å². The van der Waals surface area contributed by atoms with Gasteiger partial charge in [-0.15, -0.1) is 0 Å². The summed E-state index contributed by atoms with van der Waals surface area (Å²) >= 11 is 0. The number of Topliss-reactive ketones (excluding diaryl/α,β-unsaturated/α-hetero) is 2. The molecule has 0 aromatic carbocycles. The topological polar surface area (TPSA) is 34.1 Å². The van der Waals surface area contributed by atoms with Crippen molar-refractivity contribution in [3.05, 3.63) is 0 Å². The van der Waals surface area contributed by atoms with E-state index in [2.05, 4.69) is 0 Å². The summed E-state index contributed by atoms with van der Waals surface area (Å²) in [4.78, 5) is 22.9. The Morgan fingerprint density at radius 1 is 1.00 bits per heavy atom. The van der Waals surface area contributed by atoms with Crippen LogP contribution in [0.1, 0.15) is 46.0 Å². The third-order valence-corrected chi connectivity index (χ3v) is 4.13. The van der Waals surface area contributed by atoms with Crippen LogP contribution < -0.4 is 0 Å². The minimum atomic E-state index is 0.0266. The van der Waals surface area contributed by atoms with Crippen molar-refractivity contribution >= 4 is 11.6 Å². The van der Waals surface area contributed by atoms with Crippen LogP contribution in [0, 0.1) is 17.3 Å². The van der Waals surface area contributed by atoms with Crippen LogP contribution in [0.3, 0.4) is 0 Å². The SMILES string of the molecule is CC(=O)[C@H]1CCC2(CC2)C[C@@H]1C(C)=O. The molecule has 1 spiro atoms. The molecule has 2 atom stereocenters. The Hall–Kier alpha value is -0.660. The molecular formula is C12H18O2. The van der Waals surface area contributed by atoms with Crippen molar-refractivity contribution in [3.63, 3.8) is 0 Å². The number of hydrogen-bond acceptors (Lipinski definition) is 2. The smallest absolute Gasteiger partial charge is 0.133 e. The van der Waals surface area contributed by atoms with Gasteiger partial charge in [0.05, 0.1) is 0 Å². The summed E-state index contributed by atoms with van der Waals surface area (Å²) < 4.78 is 0. The molecule has 0 heterocycles. The first kappa shape index (κ1) is 9.88. The molecule has 0 unspecified atom stereocenters. The summed E-state index contributed by atoms with van der Waals surface area (Å²) in [6.07, 6.45) is 5.65. The first-order chi connectivity index (χ1) is 6.54. The summed E-state index contributed by atoms with van der Waals surface area (Å²) in [5.74, 6) is 0.486. The second kappa shape index (κ2) is 3.18. The van der Waals surface area contributed by atoms with Gasteiger partial charge in [-0.2, -0.15) is 0 Å². The number of rotatable bonds is 2. The summed E-state index contributed by atoms with van der Waals surface area (Å²) in [5, 5.41) is 0. The molecule has 0 aliphatic heterocycles. The molecule has 2 aliphatic carbocycles. The quantitative estimate of drug-likeness (QED) is 0.676. The highest BCUT2D eigenvalue weighted by molar-refractivity contribution is 5.87. The van der Waals surface area contributed by atoms with Gasteiger partial charge < -0.3 is 0 Å². The van der Waals surface area contributed by atoms with Crippen LogP contribution in [0.25, 0.3) is 0 Å². The normalized spacial score (nSPS) is 34.1. The fourth-order valence-electron chi connectivity index (χ4n) is 2.92. The third-order valence-electron chi connectivity index (χ3n) is 4.13. The molecule has 78 valence electrons. The van der Waals surface area contributed by atoms with Crippen molar-refractivity contribution in [1.29, 1.82) is 0 Å². The molecule has 0 saturated heterocycles. The lowest BCUT2D eigenvalue weighted by Gasteiger charge is -2.33. The van der Waals surface area contributed by atoms with Gasteiger partial charge in [0.2, 0.25) is 0 Å². The highest BCUT2D eigenvalue weighted by atomic mass is 16.1. The van der Waals surface area contributed by atoms with Gasteiger partial charge >= 0.3 is 0 Å². The average molecular weight is 194 g/mol. The Morgan fingerprint density at radius 3 is 2.00 bits per heavy atom. The molecule has 0 aromatic rings. The largest absolute Gasteiger partial charge is 0.300 e. The average Bonchev–Trinajstić information content (AvgIpc) is 2.84. The highest BCUT2D eigenvalue weighted by Crippen LogP contribution is 2.58. The van der Waals surface area contributed by atoms with Crippen LogP contribution in [-0.2, 0) is 9.59 Å². The molecule has 2 nitrogen and oxygen atoms in total. The first-order valence-electron chi connectivity index (χ1n) is 5.55. The minimum Gasteiger partial charge on any atom is -0.300 e. The van der Waals surface area contributed by atoms with Crippen LogP contribution in [0.4, 0.5) is 0 Å². The predicted octanol–water partition coefficient (Wildman–Crippen LogP) is 2.36. The lowest BCUT2D eigenvalue weighted by Crippen LogP contribution is -2.34. The molecule has 0 aromatic heterocycles. The van der Waals surface area contributed by atoms with Gasteiger partial charge in [-0.05, 0) is 51.4 Å². The van der Waals surface area contributed by atoms with Crippen LogP contribution in [0.5, 0.6) is 0 Å². The van der Waals surface area contributed by atoms with E-state index in [9.17, 15) is 9.59 Å². The van der Waals surface area contributed by atoms with E-state index in [1.807, 2.05) is 0 Å². The Labute approximate surface area is 85.1 Å². The first-order valence-corrected chi connectivity index (χ1v) is 5.55. The summed E-state index contributed by atoms with van der Waals surface area (Å²) in [5.41, 5.74) is 0.474. The Kier molecular flexibility index (Phi) is 2.24. The molecule has 14 heavy (non-hydrogen) atoms. The molecule has 0 amide bonds. The van der Waals surface area contributed by atoms with E-state index in [1.54, 1.807) is 13.8 Å². The summed E-state index contributed by atoms with van der Waals surface area (Å²) in [7, 11) is 0. The Balaban J connectivity index is 2.12. The maximum atomic E-state index is 11.5. The molecule has 0 bridgehead atoms. The molecule has 2 fully saturated rings. The summed E-state index contributed by atoms with van der Waals surface area (Å²) in [6, 6.07) is 0. The van der Waals surface area contributed by atoms with E-state index in [4.69, 9.17) is 0 Å². The molecule has 2 saturated carbocycles. The minimum absolute atomic E-state index is 0.0266. The van der Waals surface area contributed by atoms with Gasteiger partial charge in [-0.1, -0.05) is 0 Å². The highest BCUT2D eigenvalue weighted by Gasteiger charge is 2.50. The predicted molar refractivity (Wildman–Crippen MR) is 53.9 cm³/mol.